The summed E-state index contributed by atoms with van der Waals surface area (Å²) in [6, 6.07) is 9.94. The molecule has 0 radical (unpaired) electrons. The normalized spacial score (nSPS) is 27.8. The third kappa shape index (κ3) is 3.78. The molecule has 31 heavy (non-hydrogen) atoms. The van der Waals surface area contributed by atoms with Crippen molar-refractivity contribution in [1.29, 1.82) is 0 Å². The fraction of sp³-hybridized carbons (Fsp3) is 0.458. The van der Waals surface area contributed by atoms with Crippen LogP contribution in [0.15, 0.2) is 42.7 Å². The molecule has 2 saturated heterocycles. The molecule has 0 amide bonds. The number of aromatic nitrogens is 4. The van der Waals surface area contributed by atoms with Gasteiger partial charge in [-0.1, -0.05) is 6.07 Å². The van der Waals surface area contributed by atoms with Gasteiger partial charge in [0.15, 0.2) is 5.82 Å². The molecule has 3 atom stereocenters. The molecule has 0 saturated carbocycles. The number of hydrogen-bond donors (Lipinski definition) is 3. The van der Waals surface area contributed by atoms with Crippen molar-refractivity contribution in [2.75, 3.05) is 11.9 Å². The first-order chi connectivity index (χ1) is 14.8. The molecule has 5 rings (SSSR count). The van der Waals surface area contributed by atoms with Crippen LogP contribution in [0.1, 0.15) is 46.0 Å². The topological polar surface area (TPSA) is 90.0 Å². The molecule has 3 N–H and O–H groups in total. The second-order valence-electron chi connectivity index (χ2n) is 9.77. The molecule has 7 nitrogen and oxygen atoms in total. The van der Waals surface area contributed by atoms with Crippen LogP contribution in [-0.2, 0) is 0 Å². The van der Waals surface area contributed by atoms with E-state index in [1.54, 1.807) is 18.5 Å². The van der Waals surface area contributed by atoms with Gasteiger partial charge >= 0.3 is 0 Å². The van der Waals surface area contributed by atoms with E-state index in [0.29, 0.717) is 17.3 Å². The number of aromatic amines is 1. The second-order valence-corrected chi connectivity index (χ2v) is 9.77. The molecule has 2 fully saturated rings. The van der Waals surface area contributed by atoms with Gasteiger partial charge in [0.25, 0.3) is 0 Å². The van der Waals surface area contributed by atoms with Crippen molar-refractivity contribution in [2.45, 2.75) is 63.1 Å². The average Bonchev–Trinajstić information content (AvgIpc) is 3.27. The molecule has 1 aromatic carbocycles. The third-order valence-corrected chi connectivity index (χ3v) is 7.10. The summed E-state index contributed by atoms with van der Waals surface area (Å²) in [7, 11) is 2.12. The van der Waals surface area contributed by atoms with E-state index in [0.717, 1.165) is 29.8 Å². The van der Waals surface area contributed by atoms with Crippen molar-refractivity contribution >= 4 is 5.82 Å². The maximum atomic E-state index is 10.6. The van der Waals surface area contributed by atoms with E-state index in [1.807, 2.05) is 24.3 Å². The Hall–Kier alpha value is -2.93. The van der Waals surface area contributed by atoms with Gasteiger partial charge in [-0.3, -0.25) is 5.10 Å². The van der Waals surface area contributed by atoms with E-state index in [9.17, 15) is 5.11 Å². The molecular formula is C24H30N6O. The standard InChI is InChI=1S/C24H30N6O/c1-23-9-4-10-24(2,29-23)13-18(12-23)30(3)22-8-7-20(27-28-22)19-6-5-16(11-21(19)31)17-14-25-26-15-17/h5-8,11,14-15,18,29,31H,4,9-10,12-13H2,1-3H3,(H,25,26)/t18?,23-,24+. The van der Waals surface area contributed by atoms with E-state index in [4.69, 9.17) is 0 Å². The monoisotopic (exact) mass is 418 g/mol. The van der Waals surface area contributed by atoms with Crippen LogP contribution in [0.3, 0.4) is 0 Å². The van der Waals surface area contributed by atoms with Gasteiger partial charge in [0.2, 0.25) is 0 Å². The zero-order valence-electron chi connectivity index (χ0n) is 18.4. The number of phenols is 1. The number of piperidine rings is 2. The van der Waals surface area contributed by atoms with Crippen LogP contribution in [0.25, 0.3) is 22.4 Å². The van der Waals surface area contributed by atoms with Gasteiger partial charge in [-0.25, -0.2) is 0 Å². The summed E-state index contributed by atoms with van der Waals surface area (Å²) < 4.78 is 0. The summed E-state index contributed by atoms with van der Waals surface area (Å²) in [5.74, 6) is 1.05. The molecular weight excluding hydrogens is 388 g/mol. The number of nitrogens with one attached hydrogen (secondary N) is 2. The van der Waals surface area contributed by atoms with Gasteiger partial charge in [-0.15, -0.1) is 10.2 Å². The van der Waals surface area contributed by atoms with Gasteiger partial charge in [0.1, 0.15) is 5.75 Å². The van der Waals surface area contributed by atoms with Crippen LogP contribution in [0.4, 0.5) is 5.82 Å². The SMILES string of the molecule is CN(c1ccc(-c2ccc(-c3cn[nH]c3)cc2O)nn1)C1C[C@]2(C)CCC[C@](C)(C1)N2. The van der Waals surface area contributed by atoms with E-state index in [2.05, 4.69) is 51.5 Å². The average molecular weight is 419 g/mol. The number of anilines is 1. The number of rotatable bonds is 4. The summed E-state index contributed by atoms with van der Waals surface area (Å²) in [5.41, 5.74) is 3.55. The maximum Gasteiger partial charge on any atom is 0.151 e. The minimum Gasteiger partial charge on any atom is -0.507 e. The van der Waals surface area contributed by atoms with Crippen LogP contribution in [0.2, 0.25) is 0 Å². The number of H-pyrrole nitrogens is 1. The molecule has 7 heteroatoms. The van der Waals surface area contributed by atoms with Gasteiger partial charge in [0.05, 0.1) is 11.9 Å². The molecule has 2 aliphatic rings. The summed E-state index contributed by atoms with van der Waals surface area (Å²) in [6.45, 7) is 4.71. The predicted octanol–water partition coefficient (Wildman–Crippen LogP) is 4.13. The van der Waals surface area contributed by atoms with Crippen molar-refractivity contribution in [2.24, 2.45) is 0 Å². The summed E-state index contributed by atoms with van der Waals surface area (Å²) >= 11 is 0. The summed E-state index contributed by atoms with van der Waals surface area (Å²) in [5, 5.41) is 30.2. The van der Waals surface area contributed by atoms with Crippen molar-refractivity contribution in [1.82, 2.24) is 25.7 Å². The molecule has 1 unspecified atom stereocenters. The van der Waals surface area contributed by atoms with E-state index in [1.165, 1.54) is 19.3 Å². The number of fused-ring (bicyclic) bond motifs is 2. The molecule has 4 heterocycles. The smallest absolute Gasteiger partial charge is 0.151 e. The van der Waals surface area contributed by atoms with E-state index < -0.39 is 0 Å². The van der Waals surface area contributed by atoms with Crippen molar-refractivity contribution in [3.8, 4) is 28.1 Å². The lowest BCUT2D eigenvalue weighted by Gasteiger charge is -2.55. The molecule has 3 aromatic rings. The highest BCUT2D eigenvalue weighted by Crippen LogP contribution is 2.42. The van der Waals surface area contributed by atoms with Crippen LogP contribution in [-0.4, -0.2) is 49.7 Å². The highest BCUT2D eigenvalue weighted by atomic mass is 16.3. The zero-order chi connectivity index (χ0) is 21.6. The minimum atomic E-state index is 0.182. The first-order valence-electron chi connectivity index (χ1n) is 11.0. The lowest BCUT2D eigenvalue weighted by Crippen LogP contribution is -2.66. The fourth-order valence-corrected chi connectivity index (χ4v) is 5.60. The molecule has 0 spiro atoms. The quantitative estimate of drug-likeness (QED) is 0.590. The van der Waals surface area contributed by atoms with Gasteiger partial charge in [-0.05, 0) is 75.8 Å². The number of nitrogens with zero attached hydrogens (tertiary/aromatic N) is 4. The molecule has 162 valence electrons. The summed E-state index contributed by atoms with van der Waals surface area (Å²) in [6.07, 6.45) is 9.51. The molecule has 2 aromatic heterocycles. The Bertz CT molecular complexity index is 1050. The molecule has 0 aliphatic carbocycles. The largest absolute Gasteiger partial charge is 0.507 e. The fourth-order valence-electron chi connectivity index (χ4n) is 5.60. The van der Waals surface area contributed by atoms with Crippen molar-refractivity contribution < 1.29 is 5.11 Å². The van der Waals surface area contributed by atoms with Crippen LogP contribution < -0.4 is 10.2 Å². The molecule has 2 bridgehead atoms. The Morgan fingerprint density at radius 3 is 2.42 bits per heavy atom. The Morgan fingerprint density at radius 2 is 1.81 bits per heavy atom. The van der Waals surface area contributed by atoms with Crippen LogP contribution in [0, 0.1) is 0 Å². The summed E-state index contributed by atoms with van der Waals surface area (Å²) in [4.78, 5) is 2.28. The van der Waals surface area contributed by atoms with E-state index in [-0.39, 0.29) is 16.8 Å². The highest BCUT2D eigenvalue weighted by molar-refractivity contribution is 5.73. The number of hydrogen-bond acceptors (Lipinski definition) is 6. The van der Waals surface area contributed by atoms with Crippen LogP contribution in [0.5, 0.6) is 5.75 Å². The van der Waals surface area contributed by atoms with Gasteiger partial charge < -0.3 is 15.3 Å². The van der Waals surface area contributed by atoms with Crippen molar-refractivity contribution in [3.63, 3.8) is 0 Å². The van der Waals surface area contributed by atoms with Crippen molar-refractivity contribution in [3.05, 3.63) is 42.7 Å². The Balaban J connectivity index is 1.35. The lowest BCUT2D eigenvalue weighted by atomic mass is 9.69. The first-order valence-corrected chi connectivity index (χ1v) is 11.0. The highest BCUT2D eigenvalue weighted by Gasteiger charge is 2.46. The first kappa shape index (κ1) is 20.0. The molecule has 2 aliphatic heterocycles. The second kappa shape index (κ2) is 7.34. The van der Waals surface area contributed by atoms with E-state index >= 15 is 0 Å². The third-order valence-electron chi connectivity index (χ3n) is 7.10. The number of benzene rings is 1. The predicted molar refractivity (Wildman–Crippen MR) is 122 cm³/mol. The van der Waals surface area contributed by atoms with Gasteiger partial charge in [-0.2, -0.15) is 5.10 Å². The number of phenolic OH excluding ortho intramolecular Hbond substituents is 1. The lowest BCUT2D eigenvalue weighted by molar-refractivity contribution is 0.0784. The number of aromatic hydroxyl groups is 1. The van der Waals surface area contributed by atoms with Gasteiger partial charge in [0, 0.05) is 41.5 Å². The maximum absolute atomic E-state index is 10.6. The Morgan fingerprint density at radius 1 is 1.03 bits per heavy atom. The Labute approximate surface area is 182 Å². The Kier molecular flexibility index (Phi) is 4.73. The zero-order valence-corrected chi connectivity index (χ0v) is 18.4. The minimum absolute atomic E-state index is 0.182. The van der Waals surface area contributed by atoms with Crippen LogP contribution >= 0.6 is 0 Å².